The number of nitrogen functional groups attached to an aromatic ring is 1. The molecule has 0 aliphatic heterocycles. The van der Waals surface area contributed by atoms with Gasteiger partial charge in [-0.15, -0.1) is 0 Å². The van der Waals surface area contributed by atoms with Gasteiger partial charge in [-0.25, -0.2) is 4.39 Å². The van der Waals surface area contributed by atoms with Gasteiger partial charge in [0.25, 0.3) is 0 Å². The van der Waals surface area contributed by atoms with E-state index in [2.05, 4.69) is 9.36 Å². The van der Waals surface area contributed by atoms with E-state index in [1.54, 1.807) is 12.1 Å². The van der Waals surface area contributed by atoms with Gasteiger partial charge < -0.3 is 5.73 Å². The number of benzene rings is 1. The van der Waals surface area contributed by atoms with Gasteiger partial charge >= 0.3 is 0 Å². The van der Waals surface area contributed by atoms with Crippen LogP contribution in [-0.2, 0) is 0 Å². The zero-order chi connectivity index (χ0) is 9.97. The lowest BCUT2D eigenvalue weighted by Crippen LogP contribution is -1.81. The molecule has 1 aromatic carbocycles. The quantitative estimate of drug-likeness (QED) is 0.856. The maximum absolute atomic E-state index is 12.6. The van der Waals surface area contributed by atoms with Crippen LogP contribution in [0, 0.1) is 5.82 Å². The predicted molar refractivity (Wildman–Crippen MR) is 54.8 cm³/mol. The van der Waals surface area contributed by atoms with Gasteiger partial charge in [0.1, 0.15) is 5.82 Å². The van der Waals surface area contributed by atoms with E-state index in [1.807, 2.05) is 0 Å². The van der Waals surface area contributed by atoms with Crippen LogP contribution in [0.2, 0.25) is 0 Å². The van der Waals surface area contributed by atoms with Crippen LogP contribution in [0.15, 0.2) is 34.3 Å². The number of hydrogen-bond acceptors (Lipinski definition) is 5. The number of nitrogens with zero attached hydrogens (tertiary/aromatic N) is 2. The summed E-state index contributed by atoms with van der Waals surface area (Å²) < 4.78 is 16.6. The SMILES string of the molecule is Nc1nc(Sc2ccc(F)cc2)ns1. The van der Waals surface area contributed by atoms with Gasteiger partial charge in [-0.2, -0.15) is 9.36 Å². The zero-order valence-corrected chi connectivity index (χ0v) is 8.61. The summed E-state index contributed by atoms with van der Waals surface area (Å²) in [7, 11) is 0. The van der Waals surface area contributed by atoms with Gasteiger partial charge in [0.15, 0.2) is 0 Å². The third-order valence-electron chi connectivity index (χ3n) is 1.45. The van der Waals surface area contributed by atoms with Crippen molar-refractivity contribution in [2.75, 3.05) is 5.73 Å². The molecule has 0 aliphatic carbocycles. The maximum Gasteiger partial charge on any atom is 0.206 e. The fourth-order valence-electron chi connectivity index (χ4n) is 0.870. The normalized spacial score (nSPS) is 10.4. The predicted octanol–water partition coefficient (Wildman–Crippen LogP) is 2.41. The van der Waals surface area contributed by atoms with E-state index in [-0.39, 0.29) is 5.82 Å². The molecule has 0 amide bonds. The molecule has 0 aliphatic rings. The van der Waals surface area contributed by atoms with Crippen LogP contribution >= 0.6 is 23.3 Å². The summed E-state index contributed by atoms with van der Waals surface area (Å²) in [4.78, 5) is 4.88. The Morgan fingerprint density at radius 1 is 1.29 bits per heavy atom. The van der Waals surface area contributed by atoms with Crippen LogP contribution < -0.4 is 5.73 Å². The number of rotatable bonds is 2. The molecule has 2 rings (SSSR count). The van der Waals surface area contributed by atoms with Crippen molar-refractivity contribution in [3.8, 4) is 0 Å². The van der Waals surface area contributed by atoms with E-state index >= 15 is 0 Å². The van der Waals surface area contributed by atoms with Crippen molar-refractivity contribution >= 4 is 28.4 Å². The summed E-state index contributed by atoms with van der Waals surface area (Å²) >= 11 is 2.51. The van der Waals surface area contributed by atoms with E-state index in [4.69, 9.17) is 5.73 Å². The molecule has 0 unspecified atom stereocenters. The van der Waals surface area contributed by atoms with Gasteiger partial charge in [0, 0.05) is 16.4 Å². The molecule has 0 radical (unpaired) electrons. The highest BCUT2D eigenvalue weighted by Crippen LogP contribution is 2.26. The molecule has 0 spiro atoms. The smallest absolute Gasteiger partial charge is 0.206 e. The summed E-state index contributed by atoms with van der Waals surface area (Å²) in [6.07, 6.45) is 0. The third kappa shape index (κ3) is 2.21. The van der Waals surface area contributed by atoms with Gasteiger partial charge in [0.05, 0.1) is 0 Å². The van der Waals surface area contributed by atoms with Crippen LogP contribution in [-0.4, -0.2) is 9.36 Å². The molecule has 3 nitrogen and oxygen atoms in total. The van der Waals surface area contributed by atoms with Crippen LogP contribution in [0.25, 0.3) is 0 Å². The Bertz CT molecular complexity index is 426. The average molecular weight is 227 g/mol. The first-order valence-corrected chi connectivity index (χ1v) is 5.35. The van der Waals surface area contributed by atoms with Crippen LogP contribution in [0.4, 0.5) is 9.52 Å². The Balaban J connectivity index is 2.15. The second kappa shape index (κ2) is 3.93. The number of aromatic nitrogens is 2. The molecule has 2 aromatic rings. The summed E-state index contributed by atoms with van der Waals surface area (Å²) in [6, 6.07) is 6.16. The van der Waals surface area contributed by atoms with Crippen molar-refractivity contribution in [3.63, 3.8) is 0 Å². The molecule has 0 saturated carbocycles. The summed E-state index contributed by atoms with van der Waals surface area (Å²) in [5, 5.41) is 1.04. The standard InChI is InChI=1S/C8H6FN3S2/c9-5-1-3-6(4-2-5)13-8-11-7(10)14-12-8/h1-4H,(H2,10,11,12). The lowest BCUT2D eigenvalue weighted by Gasteiger charge is -1.95. The van der Waals surface area contributed by atoms with Crippen molar-refractivity contribution in [2.24, 2.45) is 0 Å². The van der Waals surface area contributed by atoms with Gasteiger partial charge in [-0.05, 0) is 36.0 Å². The molecule has 1 aromatic heterocycles. The Labute approximate surface area is 88.3 Å². The molecule has 0 atom stereocenters. The molecular formula is C8H6FN3S2. The highest BCUT2D eigenvalue weighted by atomic mass is 32.2. The highest BCUT2D eigenvalue weighted by Gasteiger charge is 2.03. The number of nitrogens with two attached hydrogens (primary N) is 1. The van der Waals surface area contributed by atoms with E-state index < -0.39 is 0 Å². The second-order valence-electron chi connectivity index (χ2n) is 2.47. The largest absolute Gasteiger partial charge is 0.374 e. The molecule has 0 fully saturated rings. The topological polar surface area (TPSA) is 51.8 Å². The number of halogens is 1. The van der Waals surface area contributed by atoms with Crippen LogP contribution in [0.5, 0.6) is 0 Å². The molecular weight excluding hydrogens is 221 g/mol. The molecule has 0 bridgehead atoms. The highest BCUT2D eigenvalue weighted by molar-refractivity contribution is 7.99. The second-order valence-corrected chi connectivity index (χ2v) is 4.30. The fourth-order valence-corrected chi connectivity index (χ4v) is 2.16. The van der Waals surface area contributed by atoms with Crippen molar-refractivity contribution in [1.29, 1.82) is 0 Å². The maximum atomic E-state index is 12.6. The lowest BCUT2D eigenvalue weighted by molar-refractivity contribution is 0.626. The lowest BCUT2D eigenvalue weighted by atomic mass is 10.4. The first kappa shape index (κ1) is 9.42. The van der Waals surface area contributed by atoms with E-state index in [1.165, 1.54) is 23.9 Å². The minimum Gasteiger partial charge on any atom is -0.374 e. The average Bonchev–Trinajstić information content (AvgIpc) is 2.56. The third-order valence-corrected chi connectivity index (χ3v) is 2.98. The van der Waals surface area contributed by atoms with Crippen LogP contribution in [0.1, 0.15) is 0 Å². The van der Waals surface area contributed by atoms with Gasteiger partial charge in [-0.1, -0.05) is 0 Å². The minimum atomic E-state index is -0.250. The number of hydrogen-bond donors (Lipinski definition) is 1. The van der Waals surface area contributed by atoms with E-state index in [9.17, 15) is 4.39 Å². The van der Waals surface area contributed by atoms with Crippen molar-refractivity contribution in [2.45, 2.75) is 10.1 Å². The van der Waals surface area contributed by atoms with Crippen molar-refractivity contribution in [3.05, 3.63) is 30.1 Å². The van der Waals surface area contributed by atoms with Gasteiger partial charge in [-0.3, -0.25) is 0 Å². The number of anilines is 1. The molecule has 1 heterocycles. The Kier molecular flexibility index (Phi) is 2.64. The Morgan fingerprint density at radius 3 is 2.57 bits per heavy atom. The monoisotopic (exact) mass is 227 g/mol. The molecule has 0 saturated heterocycles. The summed E-state index contributed by atoms with van der Waals surface area (Å²) in [6.45, 7) is 0. The molecule has 2 N–H and O–H groups in total. The Hall–Kier alpha value is -1.14. The first-order valence-electron chi connectivity index (χ1n) is 3.76. The molecule has 6 heteroatoms. The van der Waals surface area contributed by atoms with E-state index in [0.717, 1.165) is 16.4 Å². The van der Waals surface area contributed by atoms with Crippen molar-refractivity contribution in [1.82, 2.24) is 9.36 Å². The summed E-state index contributed by atoms with van der Waals surface area (Å²) in [5.41, 5.74) is 5.43. The molecule has 14 heavy (non-hydrogen) atoms. The van der Waals surface area contributed by atoms with Crippen LogP contribution in [0.3, 0.4) is 0 Å². The fraction of sp³-hybridized carbons (Fsp3) is 0. The van der Waals surface area contributed by atoms with Gasteiger partial charge in [0.2, 0.25) is 10.3 Å². The summed E-state index contributed by atoms with van der Waals surface area (Å²) in [5.74, 6) is -0.250. The molecule has 72 valence electrons. The van der Waals surface area contributed by atoms with E-state index in [0.29, 0.717) is 10.3 Å². The zero-order valence-electron chi connectivity index (χ0n) is 6.98. The Morgan fingerprint density at radius 2 is 2.00 bits per heavy atom. The van der Waals surface area contributed by atoms with Crippen molar-refractivity contribution < 1.29 is 4.39 Å². The minimum absolute atomic E-state index is 0.250. The first-order chi connectivity index (χ1) is 6.74.